The molecule has 2 heterocycles. The maximum Gasteiger partial charge on any atom is 0.101 e. The van der Waals surface area contributed by atoms with Gasteiger partial charge < -0.3 is 4.40 Å². The van der Waals surface area contributed by atoms with Gasteiger partial charge in [-0.1, -0.05) is 54.6 Å². The van der Waals surface area contributed by atoms with Crippen LogP contribution < -0.4 is 0 Å². The monoisotopic (exact) mass is 407 g/mol. The summed E-state index contributed by atoms with van der Waals surface area (Å²) in [6, 6.07) is 33.4. The number of hydrogen-bond acceptors (Lipinski definition) is 2. The number of fused-ring (bicyclic) bond motifs is 7. The van der Waals surface area contributed by atoms with Crippen LogP contribution in [-0.2, 0) is 0 Å². The number of nitrogens with zero attached hydrogens (tertiary/aromatic N) is 3. The minimum Gasteiger partial charge on any atom is -0.308 e. The van der Waals surface area contributed by atoms with Crippen LogP contribution in [0, 0.1) is 29.6 Å². The van der Waals surface area contributed by atoms with Gasteiger partial charge in [0.25, 0.3) is 0 Å². The van der Waals surface area contributed by atoms with Crippen LogP contribution in [0.1, 0.15) is 16.7 Å². The molecule has 0 bridgehead atoms. The van der Waals surface area contributed by atoms with Crippen molar-refractivity contribution in [3.8, 4) is 23.4 Å². The van der Waals surface area contributed by atoms with Gasteiger partial charge in [-0.25, -0.2) is 0 Å². The van der Waals surface area contributed by atoms with Gasteiger partial charge in [0.15, 0.2) is 0 Å². The molecule has 3 nitrogen and oxygen atoms in total. The standard InChI is InChI=1S/C29H17N3/c1-18-11-27(19-7-3-2-4-8-19)32-28-15-23(17-31)22(16-30)14-25(28)24-12-20-9-5-6-10-21(20)13-26(24)29(18)32/h2-15H,1H3. The second-order valence-corrected chi connectivity index (χ2v) is 8.15. The normalized spacial score (nSPS) is 11.2. The van der Waals surface area contributed by atoms with Crippen LogP contribution >= 0.6 is 0 Å². The zero-order valence-corrected chi connectivity index (χ0v) is 17.4. The van der Waals surface area contributed by atoms with Gasteiger partial charge in [0, 0.05) is 10.8 Å². The highest BCUT2D eigenvalue weighted by molar-refractivity contribution is 6.18. The van der Waals surface area contributed by atoms with Crippen molar-refractivity contribution in [2.24, 2.45) is 0 Å². The summed E-state index contributed by atoms with van der Waals surface area (Å²) >= 11 is 0. The van der Waals surface area contributed by atoms with E-state index < -0.39 is 0 Å². The SMILES string of the molecule is Cc1cc(-c2ccccc2)n2c3cc(C#N)c(C#N)cc3c3cc4ccccc4cc3c12. The molecule has 3 heteroatoms. The highest BCUT2D eigenvalue weighted by Crippen LogP contribution is 2.39. The van der Waals surface area contributed by atoms with Crippen molar-refractivity contribution in [3.05, 3.63) is 102 Å². The van der Waals surface area contributed by atoms with E-state index >= 15 is 0 Å². The number of aromatic nitrogens is 1. The summed E-state index contributed by atoms with van der Waals surface area (Å²) in [7, 11) is 0. The Kier molecular flexibility index (Phi) is 3.81. The number of nitriles is 2. The summed E-state index contributed by atoms with van der Waals surface area (Å²) in [6.45, 7) is 2.14. The second-order valence-electron chi connectivity index (χ2n) is 8.15. The van der Waals surface area contributed by atoms with Crippen LogP contribution in [0.2, 0.25) is 0 Å². The second kappa shape index (κ2) is 6.71. The van der Waals surface area contributed by atoms with Crippen molar-refractivity contribution < 1.29 is 0 Å². The fourth-order valence-electron chi connectivity index (χ4n) is 4.87. The number of benzene rings is 4. The molecule has 4 aromatic carbocycles. The summed E-state index contributed by atoms with van der Waals surface area (Å²) in [5, 5.41) is 25.0. The topological polar surface area (TPSA) is 52.0 Å². The molecule has 2 aromatic heterocycles. The Hall–Kier alpha value is -4.60. The summed E-state index contributed by atoms with van der Waals surface area (Å²) < 4.78 is 2.25. The highest BCUT2D eigenvalue weighted by atomic mass is 14.9. The van der Waals surface area contributed by atoms with E-state index in [9.17, 15) is 10.5 Å². The lowest BCUT2D eigenvalue weighted by Crippen LogP contribution is -1.96. The number of rotatable bonds is 1. The number of pyridine rings is 1. The maximum atomic E-state index is 9.72. The third-order valence-corrected chi connectivity index (χ3v) is 6.31. The molecular weight excluding hydrogens is 390 g/mol. The van der Waals surface area contributed by atoms with E-state index in [-0.39, 0.29) is 0 Å². The first-order valence-electron chi connectivity index (χ1n) is 10.5. The van der Waals surface area contributed by atoms with E-state index in [1.54, 1.807) is 0 Å². The predicted octanol–water partition coefficient (Wildman–Crippen LogP) is 7.12. The molecule has 0 N–H and O–H groups in total. The van der Waals surface area contributed by atoms with E-state index in [0.29, 0.717) is 11.1 Å². The molecule has 0 saturated carbocycles. The van der Waals surface area contributed by atoms with E-state index in [4.69, 9.17) is 0 Å². The molecule has 0 atom stereocenters. The molecule has 0 aliphatic rings. The largest absolute Gasteiger partial charge is 0.308 e. The van der Waals surface area contributed by atoms with Gasteiger partial charge in [-0.2, -0.15) is 10.5 Å². The van der Waals surface area contributed by atoms with Crippen molar-refractivity contribution >= 4 is 38.0 Å². The lowest BCUT2D eigenvalue weighted by Gasteiger charge is -2.14. The lowest BCUT2D eigenvalue weighted by molar-refractivity contribution is 1.28. The molecule has 0 aliphatic carbocycles. The van der Waals surface area contributed by atoms with Crippen LogP contribution in [0.15, 0.2) is 84.9 Å². The molecule has 0 amide bonds. The van der Waals surface area contributed by atoms with E-state index in [0.717, 1.165) is 43.8 Å². The first-order chi connectivity index (χ1) is 15.7. The first-order valence-corrected chi connectivity index (χ1v) is 10.5. The van der Waals surface area contributed by atoms with Crippen LogP contribution in [0.4, 0.5) is 0 Å². The number of hydrogen-bond donors (Lipinski definition) is 0. The first kappa shape index (κ1) is 18.2. The molecule has 0 radical (unpaired) electrons. The Labute approximate surface area is 185 Å². The van der Waals surface area contributed by atoms with Crippen LogP contribution in [0.25, 0.3) is 49.2 Å². The Balaban J connectivity index is 1.94. The van der Waals surface area contributed by atoms with Crippen molar-refractivity contribution in [2.75, 3.05) is 0 Å². The smallest absolute Gasteiger partial charge is 0.101 e. The lowest BCUT2D eigenvalue weighted by atomic mass is 9.96. The van der Waals surface area contributed by atoms with Crippen LogP contribution in [-0.4, -0.2) is 4.40 Å². The fraction of sp³-hybridized carbons (Fsp3) is 0.0345. The Morgan fingerprint density at radius 1 is 0.656 bits per heavy atom. The van der Waals surface area contributed by atoms with Crippen molar-refractivity contribution in [3.63, 3.8) is 0 Å². The molecule has 6 aromatic rings. The quantitative estimate of drug-likeness (QED) is 0.215. The summed E-state index contributed by atoms with van der Waals surface area (Å²) in [4.78, 5) is 0. The number of aryl methyl sites for hydroxylation is 1. The summed E-state index contributed by atoms with van der Waals surface area (Å²) in [5.74, 6) is 0. The molecule has 32 heavy (non-hydrogen) atoms. The molecule has 0 spiro atoms. The van der Waals surface area contributed by atoms with Crippen molar-refractivity contribution in [1.29, 1.82) is 10.5 Å². The molecular formula is C29H17N3. The van der Waals surface area contributed by atoms with Gasteiger partial charge in [-0.05, 0) is 64.5 Å². The third-order valence-electron chi connectivity index (χ3n) is 6.31. The van der Waals surface area contributed by atoms with Gasteiger partial charge in [0.2, 0.25) is 0 Å². The van der Waals surface area contributed by atoms with Crippen LogP contribution in [0.5, 0.6) is 0 Å². The van der Waals surface area contributed by atoms with E-state index in [1.807, 2.05) is 36.4 Å². The van der Waals surface area contributed by atoms with E-state index in [1.165, 1.54) is 10.9 Å². The minimum absolute atomic E-state index is 0.395. The van der Waals surface area contributed by atoms with Gasteiger partial charge in [-0.15, -0.1) is 0 Å². The molecule has 0 unspecified atom stereocenters. The Morgan fingerprint density at radius 2 is 1.28 bits per heavy atom. The maximum absolute atomic E-state index is 9.72. The molecule has 0 saturated heterocycles. The minimum atomic E-state index is 0.395. The highest BCUT2D eigenvalue weighted by Gasteiger charge is 2.18. The van der Waals surface area contributed by atoms with Crippen molar-refractivity contribution in [2.45, 2.75) is 6.92 Å². The third kappa shape index (κ3) is 2.46. The van der Waals surface area contributed by atoms with Gasteiger partial charge in [0.05, 0.1) is 27.9 Å². The van der Waals surface area contributed by atoms with Gasteiger partial charge in [0.1, 0.15) is 12.1 Å². The molecule has 0 fully saturated rings. The average molecular weight is 407 g/mol. The van der Waals surface area contributed by atoms with E-state index in [2.05, 4.69) is 72.0 Å². The molecule has 6 rings (SSSR count). The Bertz CT molecular complexity index is 1790. The van der Waals surface area contributed by atoms with Gasteiger partial charge >= 0.3 is 0 Å². The fourth-order valence-corrected chi connectivity index (χ4v) is 4.87. The molecule has 0 aliphatic heterocycles. The zero-order valence-electron chi connectivity index (χ0n) is 17.4. The van der Waals surface area contributed by atoms with Crippen molar-refractivity contribution in [1.82, 2.24) is 4.40 Å². The summed E-state index contributed by atoms with van der Waals surface area (Å²) in [5.41, 5.74) is 6.22. The summed E-state index contributed by atoms with van der Waals surface area (Å²) in [6.07, 6.45) is 0. The zero-order chi connectivity index (χ0) is 21.8. The Morgan fingerprint density at radius 3 is 1.97 bits per heavy atom. The predicted molar refractivity (Wildman–Crippen MR) is 130 cm³/mol. The molecule has 148 valence electrons. The average Bonchev–Trinajstić information content (AvgIpc) is 3.20. The van der Waals surface area contributed by atoms with Crippen LogP contribution in [0.3, 0.4) is 0 Å². The van der Waals surface area contributed by atoms with Gasteiger partial charge in [-0.3, -0.25) is 0 Å².